The van der Waals surface area contributed by atoms with E-state index in [9.17, 15) is 13.2 Å². The van der Waals surface area contributed by atoms with Crippen LogP contribution >= 0.6 is 12.4 Å². The summed E-state index contributed by atoms with van der Waals surface area (Å²) in [5.74, 6) is 0.594. The van der Waals surface area contributed by atoms with Crippen LogP contribution in [-0.2, 0) is 23.8 Å². The van der Waals surface area contributed by atoms with Crippen LogP contribution in [0.4, 0.5) is 0 Å². The summed E-state index contributed by atoms with van der Waals surface area (Å²) in [5.41, 5.74) is 1.99. The number of rotatable bonds is 5. The third-order valence-corrected chi connectivity index (χ3v) is 4.51. The highest BCUT2D eigenvalue weighted by Crippen LogP contribution is 2.27. The van der Waals surface area contributed by atoms with Crippen molar-refractivity contribution in [1.82, 2.24) is 14.5 Å². The van der Waals surface area contributed by atoms with Crippen molar-refractivity contribution >= 4 is 33.4 Å². The van der Waals surface area contributed by atoms with Crippen molar-refractivity contribution in [2.24, 2.45) is 12.2 Å². The molecule has 1 aromatic heterocycles. The lowest BCUT2D eigenvalue weighted by molar-refractivity contribution is 0.415. The molecule has 0 spiro atoms. The van der Waals surface area contributed by atoms with Gasteiger partial charge >= 0.3 is 0 Å². The molecule has 0 saturated carbocycles. The first-order valence-corrected chi connectivity index (χ1v) is 9.25. The zero-order valence-corrected chi connectivity index (χ0v) is 16.3. The van der Waals surface area contributed by atoms with Gasteiger partial charge in [0.2, 0.25) is 0 Å². The Hall–Kier alpha value is -2.46. The van der Waals surface area contributed by atoms with Gasteiger partial charge in [0.1, 0.15) is 5.75 Å². The summed E-state index contributed by atoms with van der Waals surface area (Å²) in [6, 6.07) is 12.4. The molecule has 8 nitrogen and oxygen atoms in total. The number of methoxy groups -OCH3 is 1. The van der Waals surface area contributed by atoms with Crippen molar-refractivity contribution in [2.45, 2.75) is 6.54 Å². The maximum absolute atomic E-state index is 12.4. The number of nitrogens with zero attached hydrogens (tertiary/aromatic N) is 2. The molecule has 0 aliphatic heterocycles. The first kappa shape index (κ1) is 20.8. The van der Waals surface area contributed by atoms with Gasteiger partial charge in [0, 0.05) is 24.5 Å². The van der Waals surface area contributed by atoms with Gasteiger partial charge < -0.3 is 4.74 Å². The Morgan fingerprint density at radius 2 is 1.81 bits per heavy atom. The topological polar surface area (TPSA) is 116 Å². The molecule has 0 fully saturated rings. The summed E-state index contributed by atoms with van der Waals surface area (Å²) >= 11 is 0. The van der Waals surface area contributed by atoms with Gasteiger partial charge in [-0.05, 0) is 23.8 Å². The molecule has 0 saturated heterocycles. The molecule has 1 heterocycles. The van der Waals surface area contributed by atoms with E-state index in [-0.39, 0.29) is 24.5 Å². The van der Waals surface area contributed by atoms with E-state index in [1.54, 1.807) is 44.5 Å². The maximum atomic E-state index is 12.4. The molecule has 2 aromatic carbocycles. The van der Waals surface area contributed by atoms with Crippen LogP contribution in [0.2, 0.25) is 0 Å². The summed E-state index contributed by atoms with van der Waals surface area (Å²) in [6.07, 6.45) is 0. The number of ether oxygens (including phenoxy) is 1. The second-order valence-corrected chi connectivity index (χ2v) is 7.13. The number of benzene rings is 2. The molecule has 27 heavy (non-hydrogen) atoms. The highest BCUT2D eigenvalue weighted by molar-refractivity contribution is 7.87. The molecular weight excluding hydrogens is 392 g/mol. The molecule has 3 rings (SSSR count). The van der Waals surface area contributed by atoms with Gasteiger partial charge in [0.15, 0.2) is 0 Å². The van der Waals surface area contributed by atoms with E-state index in [0.29, 0.717) is 22.2 Å². The van der Waals surface area contributed by atoms with Gasteiger partial charge in [-0.25, -0.2) is 9.82 Å². The lowest BCUT2D eigenvalue weighted by Crippen LogP contribution is -2.30. The molecule has 3 aromatic rings. The van der Waals surface area contributed by atoms with E-state index < -0.39 is 10.2 Å². The van der Waals surface area contributed by atoms with Crippen molar-refractivity contribution in [3.63, 3.8) is 0 Å². The molecule has 0 bridgehead atoms. The monoisotopic (exact) mass is 410 g/mol. The zero-order chi connectivity index (χ0) is 18.9. The Kier molecular flexibility index (Phi) is 6.22. The summed E-state index contributed by atoms with van der Waals surface area (Å²) < 4.78 is 30.7. The molecule has 0 aliphatic rings. The fourth-order valence-corrected chi connectivity index (χ4v) is 3.00. The van der Waals surface area contributed by atoms with Crippen LogP contribution in [0.15, 0.2) is 47.3 Å². The average molecular weight is 411 g/mol. The largest absolute Gasteiger partial charge is 0.497 e. The third kappa shape index (κ3) is 4.64. The van der Waals surface area contributed by atoms with Crippen molar-refractivity contribution in [3.8, 4) is 17.0 Å². The summed E-state index contributed by atoms with van der Waals surface area (Å²) in [6.45, 7) is 0.0950. The van der Waals surface area contributed by atoms with E-state index in [1.807, 2.05) is 12.1 Å². The number of nitrogens with one attached hydrogen (secondary N) is 1. The molecule has 0 atom stereocenters. The number of fused-ring (bicyclic) bond motifs is 1. The fraction of sp³-hybridized carbons (Fsp3) is 0.176. The van der Waals surface area contributed by atoms with Crippen LogP contribution in [0.1, 0.15) is 5.56 Å². The quantitative estimate of drug-likeness (QED) is 0.658. The Morgan fingerprint density at radius 1 is 1.15 bits per heavy atom. The summed E-state index contributed by atoms with van der Waals surface area (Å²) in [5, 5.41) is 10.5. The van der Waals surface area contributed by atoms with Gasteiger partial charge in [-0.2, -0.15) is 18.2 Å². The van der Waals surface area contributed by atoms with Crippen molar-refractivity contribution in [1.29, 1.82) is 0 Å². The lowest BCUT2D eigenvalue weighted by atomic mass is 10.0. The van der Waals surface area contributed by atoms with Crippen LogP contribution in [0, 0.1) is 0 Å². The van der Waals surface area contributed by atoms with Gasteiger partial charge in [0.05, 0.1) is 18.2 Å². The van der Waals surface area contributed by atoms with Crippen LogP contribution in [0.5, 0.6) is 5.75 Å². The average Bonchev–Trinajstić information content (AvgIpc) is 2.62. The molecule has 0 radical (unpaired) electrons. The van der Waals surface area contributed by atoms with Gasteiger partial charge in [-0.3, -0.25) is 4.79 Å². The van der Waals surface area contributed by atoms with Crippen molar-refractivity contribution in [2.75, 3.05) is 7.11 Å². The van der Waals surface area contributed by atoms with Crippen molar-refractivity contribution in [3.05, 3.63) is 58.4 Å². The minimum atomic E-state index is -3.74. The Labute approximate surface area is 162 Å². The highest BCUT2D eigenvalue weighted by atomic mass is 35.5. The zero-order valence-electron chi connectivity index (χ0n) is 14.7. The normalized spacial score (nSPS) is 11.2. The van der Waals surface area contributed by atoms with E-state index in [0.717, 1.165) is 11.1 Å². The van der Waals surface area contributed by atoms with Crippen molar-refractivity contribution < 1.29 is 13.2 Å². The highest BCUT2D eigenvalue weighted by Gasteiger charge is 2.12. The minimum absolute atomic E-state index is 0. The maximum Gasteiger partial charge on any atom is 0.274 e. The number of aromatic nitrogens is 2. The summed E-state index contributed by atoms with van der Waals surface area (Å²) in [4.78, 5) is 12.4. The Bertz CT molecular complexity index is 1130. The summed E-state index contributed by atoms with van der Waals surface area (Å²) in [7, 11) is -0.607. The first-order valence-electron chi connectivity index (χ1n) is 7.70. The third-order valence-electron chi connectivity index (χ3n) is 3.96. The molecule has 0 unspecified atom stereocenters. The molecule has 0 amide bonds. The van der Waals surface area contributed by atoms with Crippen LogP contribution in [0.3, 0.4) is 0 Å². The standard InChI is InChI=1S/C17H18N4O4S.ClH/c1-21-17(22)15-9-13(25-2)7-8-14(15)16(20-21)12-5-3-11(4-6-12)10-19-26(18,23)24;/h3-9,19H,10H2,1-2H3,(H2,18,23,24);1H. The minimum Gasteiger partial charge on any atom is -0.497 e. The number of hydrogen-bond donors (Lipinski definition) is 2. The molecule has 144 valence electrons. The predicted molar refractivity (Wildman–Crippen MR) is 106 cm³/mol. The number of aryl methyl sites for hydroxylation is 1. The van der Waals surface area contributed by atoms with Gasteiger partial charge in [-0.1, -0.05) is 24.3 Å². The fourth-order valence-electron chi connectivity index (χ4n) is 2.63. The molecule has 0 aliphatic carbocycles. The number of halogens is 1. The number of nitrogens with two attached hydrogens (primary N) is 1. The number of hydrogen-bond acceptors (Lipinski definition) is 5. The van der Waals surface area contributed by atoms with Gasteiger partial charge in [-0.15, -0.1) is 12.4 Å². The van der Waals surface area contributed by atoms with E-state index >= 15 is 0 Å². The second-order valence-electron chi connectivity index (χ2n) is 5.75. The van der Waals surface area contributed by atoms with E-state index in [2.05, 4.69) is 9.82 Å². The molecule has 3 N–H and O–H groups in total. The SMILES string of the molecule is COc1ccc2c(-c3ccc(CNS(N)(=O)=O)cc3)nn(C)c(=O)c2c1.Cl. The first-order chi connectivity index (χ1) is 12.3. The second kappa shape index (κ2) is 8.05. The molecular formula is C17H19ClN4O4S. The van der Waals surface area contributed by atoms with Gasteiger partial charge in [0.25, 0.3) is 15.8 Å². The van der Waals surface area contributed by atoms with E-state index in [4.69, 9.17) is 9.88 Å². The smallest absolute Gasteiger partial charge is 0.274 e. The predicted octanol–water partition coefficient (Wildman–Crippen LogP) is 1.32. The van der Waals surface area contributed by atoms with Crippen LogP contribution in [0.25, 0.3) is 22.0 Å². The van der Waals surface area contributed by atoms with Crippen LogP contribution in [-0.4, -0.2) is 25.3 Å². The van der Waals surface area contributed by atoms with Crippen LogP contribution < -0.4 is 20.2 Å². The Balaban J connectivity index is 0.00000261. The molecule has 10 heteroatoms. The lowest BCUT2D eigenvalue weighted by Gasteiger charge is -2.10. The van der Waals surface area contributed by atoms with E-state index in [1.165, 1.54) is 4.68 Å². The Morgan fingerprint density at radius 3 is 2.41 bits per heavy atom.